The van der Waals surface area contributed by atoms with Crippen molar-refractivity contribution in [3.63, 3.8) is 0 Å². The number of piperidine rings is 1. The van der Waals surface area contributed by atoms with E-state index in [0.29, 0.717) is 31.0 Å². The number of nitrogens with one attached hydrogen (secondary N) is 1. The van der Waals surface area contributed by atoms with Crippen molar-refractivity contribution < 1.29 is 0 Å². The van der Waals surface area contributed by atoms with Crippen molar-refractivity contribution in [3.05, 3.63) is 50.4 Å². The molecule has 0 aromatic carbocycles. The summed E-state index contributed by atoms with van der Waals surface area (Å²) >= 11 is 0. The minimum atomic E-state index is -0.0174. The Morgan fingerprint density at radius 2 is 1.97 bits per heavy atom. The lowest BCUT2D eigenvalue weighted by atomic mass is 10.0. The smallest absolute Gasteiger partial charge is 0.293 e. The van der Waals surface area contributed by atoms with Gasteiger partial charge in [-0.05, 0) is 57.1 Å². The maximum Gasteiger partial charge on any atom is 0.293 e. The molecule has 3 aliphatic rings. The zero-order valence-electron chi connectivity index (χ0n) is 17.4. The summed E-state index contributed by atoms with van der Waals surface area (Å²) in [5.74, 6) is 0.450. The summed E-state index contributed by atoms with van der Waals surface area (Å²) in [5.41, 5.74) is 2.21. The van der Waals surface area contributed by atoms with E-state index < -0.39 is 0 Å². The SMILES string of the molecule is O=c1c(NCC2CCCCN2CCn2nc3c(cc2=O)CCC3)nccn1C1CC1. The molecule has 1 aliphatic heterocycles. The van der Waals surface area contributed by atoms with Gasteiger partial charge in [0.2, 0.25) is 0 Å². The van der Waals surface area contributed by atoms with E-state index in [1.807, 2.05) is 0 Å². The van der Waals surface area contributed by atoms with Gasteiger partial charge in [0.25, 0.3) is 11.1 Å². The van der Waals surface area contributed by atoms with Crippen LogP contribution in [0.15, 0.2) is 28.0 Å². The first-order valence-electron chi connectivity index (χ1n) is 11.3. The van der Waals surface area contributed by atoms with Crippen LogP contribution in [0.25, 0.3) is 0 Å². The van der Waals surface area contributed by atoms with E-state index in [0.717, 1.165) is 62.9 Å². The first kappa shape index (κ1) is 19.5. The molecule has 8 heteroatoms. The maximum atomic E-state index is 12.6. The minimum absolute atomic E-state index is 0.0106. The molecule has 2 aromatic heterocycles. The van der Waals surface area contributed by atoms with Crippen LogP contribution in [0.1, 0.15) is 55.8 Å². The molecule has 1 atom stereocenters. The van der Waals surface area contributed by atoms with Crippen molar-refractivity contribution in [2.45, 2.75) is 70.0 Å². The van der Waals surface area contributed by atoms with Gasteiger partial charge in [-0.15, -0.1) is 0 Å². The zero-order chi connectivity index (χ0) is 20.5. The molecule has 1 N–H and O–H groups in total. The molecule has 1 unspecified atom stereocenters. The molecule has 160 valence electrons. The van der Waals surface area contributed by atoms with Crippen molar-refractivity contribution >= 4 is 5.82 Å². The molecule has 2 aromatic rings. The average Bonchev–Trinajstić information content (AvgIpc) is 3.50. The van der Waals surface area contributed by atoms with E-state index in [2.05, 4.69) is 20.3 Å². The Hall–Kier alpha value is -2.48. The largest absolute Gasteiger partial charge is 0.364 e. The highest BCUT2D eigenvalue weighted by Crippen LogP contribution is 2.33. The predicted octanol–water partition coefficient (Wildman–Crippen LogP) is 1.59. The lowest BCUT2D eigenvalue weighted by Crippen LogP contribution is -2.46. The molecule has 8 nitrogen and oxygen atoms in total. The van der Waals surface area contributed by atoms with Crippen LogP contribution in [0.5, 0.6) is 0 Å². The van der Waals surface area contributed by atoms with E-state index in [9.17, 15) is 9.59 Å². The van der Waals surface area contributed by atoms with Crippen molar-refractivity contribution in [2.24, 2.45) is 0 Å². The Bertz CT molecular complexity index is 1030. The van der Waals surface area contributed by atoms with Crippen LogP contribution in [0.3, 0.4) is 0 Å². The summed E-state index contributed by atoms with van der Waals surface area (Å²) in [6.07, 6.45) is 12.2. The molecule has 1 saturated carbocycles. The summed E-state index contributed by atoms with van der Waals surface area (Å²) in [7, 11) is 0. The minimum Gasteiger partial charge on any atom is -0.364 e. The second-order valence-electron chi connectivity index (χ2n) is 8.82. The fraction of sp³-hybridized carbons (Fsp3) is 0.636. The second-order valence-corrected chi connectivity index (χ2v) is 8.82. The normalized spacial score (nSPS) is 21.5. The van der Waals surface area contributed by atoms with E-state index >= 15 is 0 Å². The molecule has 3 heterocycles. The molecule has 5 rings (SSSR count). The van der Waals surface area contributed by atoms with Crippen molar-refractivity contribution in [3.8, 4) is 0 Å². The van der Waals surface area contributed by atoms with E-state index in [4.69, 9.17) is 0 Å². The Morgan fingerprint density at radius 3 is 2.83 bits per heavy atom. The number of rotatable bonds is 7. The average molecular weight is 411 g/mol. The van der Waals surface area contributed by atoms with Gasteiger partial charge < -0.3 is 9.88 Å². The highest BCUT2D eigenvalue weighted by molar-refractivity contribution is 5.31. The molecule has 0 radical (unpaired) electrons. The quantitative estimate of drug-likeness (QED) is 0.746. The molecule has 2 fully saturated rings. The fourth-order valence-corrected chi connectivity index (χ4v) is 4.81. The molecule has 1 saturated heterocycles. The van der Waals surface area contributed by atoms with E-state index in [1.165, 1.54) is 12.8 Å². The highest BCUT2D eigenvalue weighted by atomic mass is 16.1. The van der Waals surface area contributed by atoms with Crippen molar-refractivity contribution in [1.29, 1.82) is 0 Å². The Morgan fingerprint density at radius 1 is 1.07 bits per heavy atom. The van der Waals surface area contributed by atoms with Crippen LogP contribution in [0.2, 0.25) is 0 Å². The number of anilines is 1. The molecule has 30 heavy (non-hydrogen) atoms. The lowest BCUT2D eigenvalue weighted by Gasteiger charge is -2.35. The van der Waals surface area contributed by atoms with Gasteiger partial charge in [0.1, 0.15) is 0 Å². The molecular weight excluding hydrogens is 380 g/mol. The number of nitrogens with zero attached hydrogens (tertiary/aromatic N) is 5. The highest BCUT2D eigenvalue weighted by Gasteiger charge is 2.26. The predicted molar refractivity (Wildman–Crippen MR) is 115 cm³/mol. The van der Waals surface area contributed by atoms with Crippen LogP contribution in [0.4, 0.5) is 5.82 Å². The van der Waals surface area contributed by atoms with Gasteiger partial charge in [0.05, 0.1) is 12.2 Å². The molecule has 2 aliphatic carbocycles. The van der Waals surface area contributed by atoms with Crippen LogP contribution in [0, 0.1) is 0 Å². The summed E-state index contributed by atoms with van der Waals surface area (Å²) in [4.78, 5) is 31.7. The third kappa shape index (κ3) is 4.05. The summed E-state index contributed by atoms with van der Waals surface area (Å²) in [5, 5.41) is 7.92. The summed E-state index contributed by atoms with van der Waals surface area (Å²) < 4.78 is 3.44. The molecule has 0 amide bonds. The Labute approximate surface area is 175 Å². The van der Waals surface area contributed by atoms with Gasteiger partial charge in [0, 0.05) is 43.6 Å². The number of hydrogen-bond donors (Lipinski definition) is 1. The Kier molecular flexibility index (Phi) is 5.41. The number of aryl methyl sites for hydroxylation is 2. The number of hydrogen-bond acceptors (Lipinski definition) is 6. The van der Waals surface area contributed by atoms with Gasteiger partial charge >= 0.3 is 0 Å². The monoisotopic (exact) mass is 410 g/mol. The third-order valence-electron chi connectivity index (χ3n) is 6.69. The lowest BCUT2D eigenvalue weighted by molar-refractivity contribution is 0.147. The van der Waals surface area contributed by atoms with Crippen molar-refractivity contribution in [2.75, 3.05) is 25.0 Å². The standard InChI is InChI=1S/C22H30N6O2/c29-20-14-16-4-3-6-19(16)25-28(20)13-12-26-10-2-1-5-18(26)15-24-21-22(30)27(11-9-23-21)17-7-8-17/h9,11,14,17-18H,1-8,10,12-13,15H2,(H,23,24). The number of aromatic nitrogens is 4. The van der Waals surface area contributed by atoms with Gasteiger partial charge in [-0.2, -0.15) is 5.10 Å². The van der Waals surface area contributed by atoms with Gasteiger partial charge in [-0.3, -0.25) is 14.5 Å². The number of likely N-dealkylation sites (tertiary alicyclic amines) is 1. The maximum absolute atomic E-state index is 12.6. The Balaban J connectivity index is 1.23. The third-order valence-corrected chi connectivity index (χ3v) is 6.69. The van der Waals surface area contributed by atoms with E-state index in [-0.39, 0.29) is 11.1 Å². The fourth-order valence-electron chi connectivity index (χ4n) is 4.81. The second kappa shape index (κ2) is 8.34. The van der Waals surface area contributed by atoms with Gasteiger partial charge in [-0.25, -0.2) is 9.67 Å². The van der Waals surface area contributed by atoms with Crippen molar-refractivity contribution in [1.82, 2.24) is 24.2 Å². The van der Waals surface area contributed by atoms with Crippen LogP contribution in [-0.4, -0.2) is 49.9 Å². The van der Waals surface area contributed by atoms with Gasteiger partial charge in [0.15, 0.2) is 5.82 Å². The molecule has 0 bridgehead atoms. The first-order valence-corrected chi connectivity index (χ1v) is 11.3. The van der Waals surface area contributed by atoms with Crippen LogP contribution in [-0.2, 0) is 19.4 Å². The number of fused-ring (bicyclic) bond motifs is 1. The summed E-state index contributed by atoms with van der Waals surface area (Å²) in [6.45, 7) is 3.12. The van der Waals surface area contributed by atoms with Crippen LogP contribution >= 0.6 is 0 Å². The molecular formula is C22H30N6O2. The van der Waals surface area contributed by atoms with Gasteiger partial charge in [-0.1, -0.05) is 6.42 Å². The first-order chi connectivity index (χ1) is 14.7. The molecule has 0 spiro atoms. The zero-order valence-corrected chi connectivity index (χ0v) is 17.4. The van der Waals surface area contributed by atoms with E-state index in [1.54, 1.807) is 27.7 Å². The van der Waals surface area contributed by atoms with Crippen LogP contribution < -0.4 is 16.4 Å². The topological polar surface area (TPSA) is 85.1 Å². The summed E-state index contributed by atoms with van der Waals surface area (Å²) in [6, 6.07) is 2.46.